The lowest BCUT2D eigenvalue weighted by Gasteiger charge is -2.26. The molecule has 0 aliphatic heterocycles. The molecule has 0 saturated carbocycles. The molecule has 0 heterocycles. The second kappa shape index (κ2) is 13.8. The molecule has 40 heavy (non-hydrogen) atoms. The maximum absolute atomic E-state index is 13.2. The molecule has 0 radical (unpaired) electrons. The Morgan fingerprint density at radius 3 is 2.40 bits per heavy atom. The number of carbonyl (C=O) groups is 2. The molecule has 206 valence electrons. The third kappa shape index (κ3) is 7.16. The minimum Gasteiger partial charge on any atom is -0.491 e. The normalized spacial score (nSPS) is 12.6. The zero-order valence-electron chi connectivity index (χ0n) is 21.9. The number of hydrogen-bond donors (Lipinski definition) is 4. The number of nitrogens with one attached hydrogen (secondary N) is 2. The van der Waals surface area contributed by atoms with Gasteiger partial charge in [-0.05, 0) is 35.7 Å². The lowest BCUT2D eigenvalue weighted by molar-refractivity contribution is -0.112. The van der Waals surface area contributed by atoms with Gasteiger partial charge in [-0.25, -0.2) is 4.79 Å². The summed E-state index contributed by atoms with van der Waals surface area (Å²) < 4.78 is 17.3. The number of para-hydroxylation sites is 3. The van der Waals surface area contributed by atoms with E-state index in [2.05, 4.69) is 10.6 Å². The summed E-state index contributed by atoms with van der Waals surface area (Å²) in [6.07, 6.45) is 0.163. The largest absolute Gasteiger partial charge is 0.491 e. The molecule has 0 spiro atoms. The zero-order valence-corrected chi connectivity index (χ0v) is 21.9. The van der Waals surface area contributed by atoms with E-state index in [1.807, 2.05) is 36.4 Å². The van der Waals surface area contributed by atoms with Crippen molar-refractivity contribution in [1.29, 1.82) is 0 Å². The number of benzene rings is 4. The number of methoxy groups -OCH3 is 1. The van der Waals surface area contributed by atoms with E-state index in [0.717, 1.165) is 10.8 Å². The molecule has 0 aliphatic rings. The van der Waals surface area contributed by atoms with Crippen LogP contribution in [0.4, 0.5) is 21.9 Å². The number of ether oxygens (including phenoxy) is 3. The highest BCUT2D eigenvalue weighted by atomic mass is 16.6. The van der Waals surface area contributed by atoms with Crippen LogP contribution in [0.15, 0.2) is 103 Å². The van der Waals surface area contributed by atoms with Gasteiger partial charge in [-0.1, -0.05) is 66.7 Å². The number of carbonyl (C=O) groups excluding carboxylic acids is 2. The van der Waals surface area contributed by atoms with Crippen LogP contribution in [0.25, 0.3) is 10.8 Å². The predicted octanol–water partition coefficient (Wildman–Crippen LogP) is 5.29. The van der Waals surface area contributed by atoms with E-state index >= 15 is 0 Å². The first kappa shape index (κ1) is 28.2. The minimum absolute atomic E-state index is 0.0420. The van der Waals surface area contributed by atoms with E-state index in [0.29, 0.717) is 28.4 Å². The Bertz CT molecular complexity index is 1480. The van der Waals surface area contributed by atoms with Crippen molar-refractivity contribution in [2.24, 2.45) is 0 Å². The van der Waals surface area contributed by atoms with Crippen molar-refractivity contribution in [1.82, 2.24) is 0 Å². The van der Waals surface area contributed by atoms with Gasteiger partial charge in [-0.15, -0.1) is 0 Å². The molecular formula is C31H31N3O6. The zero-order chi connectivity index (χ0) is 28.3. The SMILES string of the molecule is CO[C@@H](/C=C/C(=O)Nc1ccccc1N)[C@@H](OC(=O)Nc1cccc2ccccc12)c1ccccc1OCCO. The van der Waals surface area contributed by atoms with Gasteiger partial charge in [0.05, 0.1) is 23.7 Å². The number of aliphatic hydroxyl groups is 1. The van der Waals surface area contributed by atoms with E-state index in [9.17, 15) is 14.7 Å². The second-order valence-corrected chi connectivity index (χ2v) is 8.72. The number of amides is 2. The van der Waals surface area contributed by atoms with E-state index < -0.39 is 24.2 Å². The van der Waals surface area contributed by atoms with Gasteiger partial charge in [-0.2, -0.15) is 0 Å². The molecule has 2 amide bonds. The van der Waals surface area contributed by atoms with Gasteiger partial charge in [0.25, 0.3) is 0 Å². The molecule has 4 rings (SSSR count). The van der Waals surface area contributed by atoms with Gasteiger partial charge in [0.1, 0.15) is 18.5 Å². The smallest absolute Gasteiger partial charge is 0.412 e. The number of fused-ring (bicyclic) bond motifs is 1. The number of anilines is 3. The van der Waals surface area contributed by atoms with Gasteiger partial charge in [-0.3, -0.25) is 10.1 Å². The van der Waals surface area contributed by atoms with Crippen molar-refractivity contribution < 1.29 is 28.9 Å². The summed E-state index contributed by atoms with van der Waals surface area (Å²) in [4.78, 5) is 25.9. The topological polar surface area (TPSA) is 132 Å². The lowest BCUT2D eigenvalue weighted by atomic mass is 10.0. The minimum atomic E-state index is -1.01. The summed E-state index contributed by atoms with van der Waals surface area (Å²) in [7, 11) is 1.44. The summed E-state index contributed by atoms with van der Waals surface area (Å²) in [5.41, 5.74) is 7.89. The number of nitrogens with two attached hydrogens (primary N) is 1. The Morgan fingerprint density at radius 1 is 0.900 bits per heavy atom. The third-order valence-electron chi connectivity index (χ3n) is 6.06. The fourth-order valence-electron chi connectivity index (χ4n) is 4.17. The average molecular weight is 542 g/mol. The molecule has 0 fully saturated rings. The molecule has 4 aromatic carbocycles. The van der Waals surface area contributed by atoms with Crippen molar-refractivity contribution in [2.75, 3.05) is 36.7 Å². The number of nitrogen functional groups attached to an aromatic ring is 1. The van der Waals surface area contributed by atoms with Crippen LogP contribution in [0.5, 0.6) is 5.75 Å². The molecule has 2 atom stereocenters. The van der Waals surface area contributed by atoms with Crippen molar-refractivity contribution in [3.63, 3.8) is 0 Å². The van der Waals surface area contributed by atoms with Crippen LogP contribution < -0.4 is 21.1 Å². The molecule has 4 aromatic rings. The highest BCUT2D eigenvalue weighted by Crippen LogP contribution is 2.33. The Labute approximate surface area is 232 Å². The monoisotopic (exact) mass is 541 g/mol. The van der Waals surface area contributed by atoms with Crippen LogP contribution in [0.2, 0.25) is 0 Å². The standard InChI is InChI=1S/C31H31N3O6/c1-38-28(17-18-29(36)33-26-14-6-5-13-24(26)32)30(23-12-4-7-16-27(23)39-20-19-35)40-31(37)34-25-15-8-10-21-9-2-3-11-22(21)25/h2-18,28,30,35H,19-20,32H2,1H3,(H,33,36)(H,34,37)/b18-17+/t28-,30-/m0/s1. The lowest BCUT2D eigenvalue weighted by Crippen LogP contribution is -2.27. The Balaban J connectivity index is 1.60. The molecular weight excluding hydrogens is 510 g/mol. The van der Waals surface area contributed by atoms with Crippen LogP contribution in [-0.2, 0) is 14.3 Å². The van der Waals surface area contributed by atoms with Crippen LogP contribution in [0, 0.1) is 0 Å². The first-order valence-corrected chi connectivity index (χ1v) is 12.6. The summed E-state index contributed by atoms with van der Waals surface area (Å²) >= 11 is 0. The van der Waals surface area contributed by atoms with Gasteiger partial charge in [0, 0.05) is 24.1 Å². The van der Waals surface area contributed by atoms with Crippen molar-refractivity contribution in [3.8, 4) is 5.75 Å². The molecule has 0 unspecified atom stereocenters. The van der Waals surface area contributed by atoms with Crippen molar-refractivity contribution >= 4 is 39.8 Å². The van der Waals surface area contributed by atoms with E-state index in [4.69, 9.17) is 19.9 Å². The van der Waals surface area contributed by atoms with Gasteiger partial charge in [0.15, 0.2) is 6.10 Å². The van der Waals surface area contributed by atoms with Crippen LogP contribution in [0.3, 0.4) is 0 Å². The molecule has 5 N–H and O–H groups in total. The number of rotatable bonds is 11. The third-order valence-corrected chi connectivity index (χ3v) is 6.06. The maximum Gasteiger partial charge on any atom is 0.412 e. The van der Waals surface area contributed by atoms with Gasteiger partial charge >= 0.3 is 6.09 Å². The van der Waals surface area contributed by atoms with E-state index in [1.165, 1.54) is 19.3 Å². The molecule has 0 saturated heterocycles. The highest BCUT2D eigenvalue weighted by Gasteiger charge is 2.29. The van der Waals surface area contributed by atoms with E-state index in [-0.39, 0.29) is 13.2 Å². The predicted molar refractivity (Wildman–Crippen MR) is 155 cm³/mol. The Morgan fingerprint density at radius 2 is 1.60 bits per heavy atom. The Kier molecular flexibility index (Phi) is 9.71. The quantitative estimate of drug-likeness (QED) is 0.150. The summed E-state index contributed by atoms with van der Waals surface area (Å²) in [6, 6.07) is 27.1. The fourth-order valence-corrected chi connectivity index (χ4v) is 4.17. The fraction of sp³-hybridized carbons (Fsp3) is 0.161. The summed E-state index contributed by atoms with van der Waals surface area (Å²) in [6.45, 7) is -0.155. The van der Waals surface area contributed by atoms with Crippen LogP contribution >= 0.6 is 0 Å². The summed E-state index contributed by atoms with van der Waals surface area (Å²) in [5.74, 6) is -0.0415. The molecule has 0 aromatic heterocycles. The maximum atomic E-state index is 13.2. The Hall–Kier alpha value is -4.86. The molecule has 9 nitrogen and oxygen atoms in total. The van der Waals surface area contributed by atoms with Gasteiger partial charge < -0.3 is 30.4 Å². The number of hydrogen-bond acceptors (Lipinski definition) is 7. The van der Waals surface area contributed by atoms with Crippen molar-refractivity contribution in [2.45, 2.75) is 12.2 Å². The molecule has 0 aliphatic carbocycles. The first-order chi connectivity index (χ1) is 19.5. The first-order valence-electron chi connectivity index (χ1n) is 12.6. The van der Waals surface area contributed by atoms with Gasteiger partial charge in [0.2, 0.25) is 5.91 Å². The van der Waals surface area contributed by atoms with Crippen LogP contribution in [-0.4, -0.2) is 43.5 Å². The number of aliphatic hydroxyl groups excluding tert-OH is 1. The molecule has 0 bridgehead atoms. The average Bonchev–Trinajstić information content (AvgIpc) is 2.97. The van der Waals surface area contributed by atoms with E-state index in [1.54, 1.807) is 54.6 Å². The highest BCUT2D eigenvalue weighted by molar-refractivity contribution is 6.01. The van der Waals surface area contributed by atoms with Crippen LogP contribution in [0.1, 0.15) is 11.7 Å². The van der Waals surface area contributed by atoms with Crippen molar-refractivity contribution in [3.05, 3.63) is 109 Å². The second-order valence-electron chi connectivity index (χ2n) is 8.72. The summed E-state index contributed by atoms with van der Waals surface area (Å²) in [5, 5.41) is 16.6. The molecule has 9 heteroatoms.